The van der Waals surface area contributed by atoms with Gasteiger partial charge in [-0.25, -0.2) is 0 Å². The number of nitro benzene ring substituents is 1. The Hall–Kier alpha value is -1.98. The number of benzene rings is 1. The summed E-state index contributed by atoms with van der Waals surface area (Å²) < 4.78 is 9.82. The van der Waals surface area contributed by atoms with Gasteiger partial charge in [0.25, 0.3) is 0 Å². The van der Waals surface area contributed by atoms with E-state index in [1.807, 2.05) is 0 Å². The van der Waals surface area contributed by atoms with E-state index in [4.69, 9.17) is 14.6 Å². The Kier molecular flexibility index (Phi) is 1.48. The Morgan fingerprint density at radius 1 is 1.38 bits per heavy atom. The molecule has 6 nitrogen and oxygen atoms in total. The van der Waals surface area contributed by atoms with Crippen LogP contribution in [-0.4, -0.2) is 16.8 Å². The molecule has 1 aromatic rings. The number of hydrogen-bond acceptors (Lipinski definition) is 5. The van der Waals surface area contributed by atoms with Crippen LogP contribution in [0.3, 0.4) is 0 Å². The van der Waals surface area contributed by atoms with E-state index in [9.17, 15) is 10.1 Å². The molecule has 1 aliphatic rings. The quantitative estimate of drug-likeness (QED) is 0.519. The third-order valence-corrected chi connectivity index (χ3v) is 1.67. The van der Waals surface area contributed by atoms with Crippen LogP contribution in [0.15, 0.2) is 12.1 Å². The summed E-state index contributed by atoms with van der Waals surface area (Å²) in [6.07, 6.45) is 0. The van der Waals surface area contributed by atoms with Gasteiger partial charge in [0, 0.05) is 6.07 Å². The van der Waals surface area contributed by atoms with E-state index in [2.05, 4.69) is 0 Å². The fraction of sp³-hybridized carbons (Fsp3) is 0.143. The molecule has 1 heterocycles. The van der Waals surface area contributed by atoms with Crippen molar-refractivity contribution in [2.75, 3.05) is 6.79 Å². The summed E-state index contributed by atoms with van der Waals surface area (Å²) in [5.41, 5.74) is -0.385. The molecule has 1 N–H and O–H groups in total. The second-order valence-electron chi connectivity index (χ2n) is 2.45. The molecule has 0 amide bonds. The van der Waals surface area contributed by atoms with Gasteiger partial charge in [0.1, 0.15) is 0 Å². The van der Waals surface area contributed by atoms with Crippen LogP contribution in [0.2, 0.25) is 0 Å². The summed E-state index contributed by atoms with van der Waals surface area (Å²) in [6.45, 7) is 0.0238. The minimum absolute atomic E-state index is 0.0238. The number of aromatic hydroxyl groups is 1. The van der Waals surface area contributed by atoms with Gasteiger partial charge in [-0.2, -0.15) is 0 Å². The van der Waals surface area contributed by atoms with Crippen LogP contribution in [0.5, 0.6) is 17.2 Å². The molecule has 0 bridgehead atoms. The summed E-state index contributed by atoms with van der Waals surface area (Å²) in [5.74, 6) is 0.182. The lowest BCUT2D eigenvalue weighted by molar-refractivity contribution is -0.385. The lowest BCUT2D eigenvalue weighted by Crippen LogP contribution is -1.93. The van der Waals surface area contributed by atoms with Crippen molar-refractivity contribution in [3.8, 4) is 17.2 Å². The van der Waals surface area contributed by atoms with Crippen LogP contribution >= 0.6 is 0 Å². The van der Waals surface area contributed by atoms with Crippen molar-refractivity contribution in [3.05, 3.63) is 22.2 Å². The van der Waals surface area contributed by atoms with E-state index < -0.39 is 10.7 Å². The molecule has 1 aromatic carbocycles. The highest BCUT2D eigenvalue weighted by Crippen LogP contribution is 2.40. The van der Waals surface area contributed by atoms with E-state index in [1.54, 1.807) is 0 Å². The highest BCUT2D eigenvalue weighted by Gasteiger charge is 2.22. The third kappa shape index (κ3) is 1.12. The molecule has 0 aliphatic carbocycles. The molecule has 0 saturated carbocycles. The predicted molar refractivity (Wildman–Crippen MR) is 40.9 cm³/mol. The first-order chi connectivity index (χ1) is 6.18. The zero-order valence-corrected chi connectivity index (χ0v) is 6.39. The van der Waals surface area contributed by atoms with Crippen LogP contribution < -0.4 is 9.47 Å². The van der Waals surface area contributed by atoms with E-state index in [1.165, 1.54) is 6.07 Å². The lowest BCUT2D eigenvalue weighted by Gasteiger charge is -1.97. The monoisotopic (exact) mass is 183 g/mol. The highest BCUT2D eigenvalue weighted by atomic mass is 16.7. The van der Waals surface area contributed by atoms with Crippen molar-refractivity contribution < 1.29 is 19.5 Å². The van der Waals surface area contributed by atoms with Gasteiger partial charge in [-0.05, 0) is 0 Å². The highest BCUT2D eigenvalue weighted by molar-refractivity contribution is 5.58. The zero-order chi connectivity index (χ0) is 9.42. The Morgan fingerprint density at radius 3 is 2.62 bits per heavy atom. The van der Waals surface area contributed by atoms with E-state index in [-0.39, 0.29) is 18.2 Å². The van der Waals surface area contributed by atoms with E-state index in [0.29, 0.717) is 5.75 Å². The molecule has 0 radical (unpaired) electrons. The average molecular weight is 183 g/mol. The Bertz CT molecular complexity index is 375. The second-order valence-corrected chi connectivity index (χ2v) is 2.45. The van der Waals surface area contributed by atoms with Crippen LogP contribution in [0, 0.1) is 10.1 Å². The van der Waals surface area contributed by atoms with Gasteiger partial charge in [-0.3, -0.25) is 10.1 Å². The van der Waals surface area contributed by atoms with Crippen molar-refractivity contribution in [2.45, 2.75) is 0 Å². The molecule has 68 valence electrons. The maximum atomic E-state index is 10.4. The molecule has 0 atom stereocenters. The first-order valence-electron chi connectivity index (χ1n) is 3.45. The molecule has 2 rings (SSSR count). The molecular formula is C7H5NO5. The average Bonchev–Trinajstić information content (AvgIpc) is 2.48. The van der Waals surface area contributed by atoms with Gasteiger partial charge < -0.3 is 14.6 Å². The molecule has 0 saturated heterocycles. The Morgan fingerprint density at radius 2 is 2.00 bits per heavy atom. The fourth-order valence-electron chi connectivity index (χ4n) is 1.07. The molecule has 0 fully saturated rings. The molecule has 0 aromatic heterocycles. The molecule has 6 heteroatoms. The maximum Gasteiger partial charge on any atom is 0.314 e. The summed E-state index contributed by atoms with van der Waals surface area (Å²) in [6, 6.07) is 2.30. The fourth-order valence-corrected chi connectivity index (χ4v) is 1.07. The molecule has 0 unspecified atom stereocenters. The number of rotatable bonds is 1. The number of nitrogens with zero attached hydrogens (tertiary/aromatic N) is 1. The van der Waals surface area contributed by atoms with Crippen molar-refractivity contribution in [1.29, 1.82) is 0 Å². The molecule has 13 heavy (non-hydrogen) atoms. The van der Waals surface area contributed by atoms with Crippen molar-refractivity contribution in [1.82, 2.24) is 0 Å². The first kappa shape index (κ1) is 7.66. The van der Waals surface area contributed by atoms with E-state index >= 15 is 0 Å². The number of phenols is 1. The Labute approximate surface area is 72.5 Å². The van der Waals surface area contributed by atoms with Gasteiger partial charge in [-0.15, -0.1) is 0 Å². The SMILES string of the molecule is O=[N+]([O-])c1cc2c(cc1O)OCO2. The van der Waals surface area contributed by atoms with Crippen LogP contribution in [-0.2, 0) is 0 Å². The molecule has 0 spiro atoms. The van der Waals surface area contributed by atoms with Gasteiger partial charge in [-0.1, -0.05) is 0 Å². The number of hydrogen-bond donors (Lipinski definition) is 1. The second kappa shape index (κ2) is 2.51. The number of nitro groups is 1. The summed E-state index contributed by atoms with van der Waals surface area (Å²) in [5, 5.41) is 19.5. The summed E-state index contributed by atoms with van der Waals surface area (Å²) in [7, 11) is 0. The molecular weight excluding hydrogens is 178 g/mol. The normalized spacial score (nSPS) is 12.9. The van der Waals surface area contributed by atoms with Gasteiger partial charge in [0.05, 0.1) is 11.0 Å². The molecule has 1 aliphatic heterocycles. The van der Waals surface area contributed by atoms with Gasteiger partial charge in [0.15, 0.2) is 17.2 Å². The van der Waals surface area contributed by atoms with Crippen LogP contribution in [0.25, 0.3) is 0 Å². The van der Waals surface area contributed by atoms with Gasteiger partial charge >= 0.3 is 5.69 Å². The number of phenolic OH excluding ortho intramolecular Hbond substituents is 1. The lowest BCUT2D eigenvalue weighted by atomic mass is 10.2. The topological polar surface area (TPSA) is 81.8 Å². The largest absolute Gasteiger partial charge is 0.502 e. The van der Waals surface area contributed by atoms with Crippen molar-refractivity contribution >= 4 is 5.69 Å². The van der Waals surface area contributed by atoms with Crippen molar-refractivity contribution in [3.63, 3.8) is 0 Å². The van der Waals surface area contributed by atoms with Gasteiger partial charge in [0.2, 0.25) is 6.79 Å². The predicted octanol–water partition coefficient (Wildman–Crippen LogP) is 1.03. The van der Waals surface area contributed by atoms with Crippen molar-refractivity contribution in [2.24, 2.45) is 0 Å². The Balaban J connectivity index is 2.55. The third-order valence-electron chi connectivity index (χ3n) is 1.67. The number of fused-ring (bicyclic) bond motifs is 1. The standard InChI is InChI=1S/C7H5NO5/c9-5-2-7-6(12-3-13-7)1-4(5)8(10)11/h1-2,9H,3H2. The smallest absolute Gasteiger partial charge is 0.314 e. The number of ether oxygens (including phenoxy) is 2. The summed E-state index contributed by atoms with van der Waals surface area (Å²) in [4.78, 5) is 9.69. The minimum atomic E-state index is -0.683. The maximum absolute atomic E-state index is 10.4. The van der Waals surface area contributed by atoms with E-state index in [0.717, 1.165) is 6.07 Å². The zero-order valence-electron chi connectivity index (χ0n) is 6.39. The summed E-state index contributed by atoms with van der Waals surface area (Å²) >= 11 is 0. The first-order valence-corrected chi connectivity index (χ1v) is 3.45. The van der Waals surface area contributed by atoms with Crippen LogP contribution in [0.4, 0.5) is 5.69 Å². The van der Waals surface area contributed by atoms with Crippen LogP contribution in [0.1, 0.15) is 0 Å². The minimum Gasteiger partial charge on any atom is -0.502 e.